The van der Waals surface area contributed by atoms with Crippen molar-refractivity contribution in [3.8, 4) is 11.1 Å². The predicted octanol–water partition coefficient (Wildman–Crippen LogP) is 3.09. The number of benzene rings is 3. The molecule has 0 aromatic heterocycles. The Morgan fingerprint density at radius 3 is 2.31 bits per heavy atom. The molecule has 2 amide bonds. The van der Waals surface area contributed by atoms with Gasteiger partial charge in [-0.2, -0.15) is 0 Å². The summed E-state index contributed by atoms with van der Waals surface area (Å²) in [6.45, 7) is 0.0690. The highest BCUT2D eigenvalue weighted by atomic mass is 16.5. The minimum absolute atomic E-state index is 0.0300. The fraction of sp³-hybridized carbons (Fsp3) is 0.222. The molecular formula is C27H24N2O6. The first kappa shape index (κ1) is 22.6. The Kier molecular flexibility index (Phi) is 5.96. The van der Waals surface area contributed by atoms with Crippen LogP contribution in [0.3, 0.4) is 0 Å². The van der Waals surface area contributed by atoms with Gasteiger partial charge in [-0.25, -0.2) is 9.59 Å². The molecule has 178 valence electrons. The Labute approximate surface area is 202 Å². The van der Waals surface area contributed by atoms with Crippen LogP contribution in [0.1, 0.15) is 27.4 Å². The summed E-state index contributed by atoms with van der Waals surface area (Å²) in [5, 5.41) is 13.0. The lowest BCUT2D eigenvalue weighted by atomic mass is 9.98. The number of methoxy groups -OCH3 is 1. The van der Waals surface area contributed by atoms with Gasteiger partial charge in [0.1, 0.15) is 18.8 Å². The lowest BCUT2D eigenvalue weighted by Crippen LogP contribution is -2.46. The molecule has 0 saturated carbocycles. The number of nitrogens with zero attached hydrogens (tertiary/aromatic N) is 1. The van der Waals surface area contributed by atoms with Crippen molar-refractivity contribution in [2.24, 2.45) is 0 Å². The maximum Gasteiger partial charge on any atom is 0.407 e. The molecule has 0 bridgehead atoms. The lowest BCUT2D eigenvalue weighted by Gasteiger charge is -2.18. The fourth-order valence-corrected chi connectivity index (χ4v) is 4.79. The van der Waals surface area contributed by atoms with Crippen LogP contribution in [0.15, 0.2) is 72.8 Å². The molecule has 8 nitrogen and oxygen atoms in total. The number of aliphatic hydroxyl groups excluding tert-OH is 1. The van der Waals surface area contributed by atoms with E-state index in [-0.39, 0.29) is 24.6 Å². The van der Waals surface area contributed by atoms with Gasteiger partial charge in [0.25, 0.3) is 5.91 Å². The number of carbonyl (C=O) groups is 3. The van der Waals surface area contributed by atoms with Crippen LogP contribution < -0.4 is 10.2 Å². The van der Waals surface area contributed by atoms with Gasteiger partial charge in [-0.1, -0.05) is 54.6 Å². The third-order valence-corrected chi connectivity index (χ3v) is 6.48. The number of anilines is 1. The van der Waals surface area contributed by atoms with E-state index in [1.54, 1.807) is 18.2 Å². The van der Waals surface area contributed by atoms with Crippen LogP contribution in [0, 0.1) is 0 Å². The van der Waals surface area contributed by atoms with Crippen LogP contribution in [0.5, 0.6) is 0 Å². The maximum atomic E-state index is 13.0. The minimum Gasteiger partial charge on any atom is -0.465 e. The Balaban J connectivity index is 1.26. The number of alkyl carbamates (subject to hydrolysis) is 1. The fourth-order valence-electron chi connectivity index (χ4n) is 4.79. The van der Waals surface area contributed by atoms with Gasteiger partial charge in [-0.3, -0.25) is 4.79 Å². The topological polar surface area (TPSA) is 105 Å². The number of nitrogens with one attached hydrogen (secondary N) is 1. The Morgan fingerprint density at radius 1 is 1.00 bits per heavy atom. The van der Waals surface area contributed by atoms with Gasteiger partial charge in [0.05, 0.1) is 19.2 Å². The third kappa shape index (κ3) is 4.13. The van der Waals surface area contributed by atoms with E-state index < -0.39 is 30.1 Å². The van der Waals surface area contributed by atoms with Crippen LogP contribution in [-0.4, -0.2) is 55.5 Å². The monoisotopic (exact) mass is 472 g/mol. The van der Waals surface area contributed by atoms with Crippen molar-refractivity contribution in [2.75, 3.05) is 25.2 Å². The second-order valence-electron chi connectivity index (χ2n) is 8.51. The van der Waals surface area contributed by atoms with Crippen LogP contribution in [0.4, 0.5) is 10.5 Å². The second-order valence-corrected chi connectivity index (χ2v) is 8.51. The summed E-state index contributed by atoms with van der Waals surface area (Å²) in [6, 6.07) is 21.2. The van der Waals surface area contributed by atoms with Crippen molar-refractivity contribution in [3.63, 3.8) is 0 Å². The van der Waals surface area contributed by atoms with Gasteiger partial charge in [0.2, 0.25) is 0 Å². The number of fused-ring (bicyclic) bond motifs is 3. The summed E-state index contributed by atoms with van der Waals surface area (Å²) < 4.78 is 10.2. The Morgan fingerprint density at radius 2 is 1.66 bits per heavy atom. The van der Waals surface area contributed by atoms with Crippen LogP contribution in [0.25, 0.3) is 11.1 Å². The van der Waals surface area contributed by atoms with Gasteiger partial charge < -0.3 is 24.8 Å². The first-order valence-corrected chi connectivity index (χ1v) is 11.3. The molecule has 5 rings (SSSR count). The first-order valence-electron chi connectivity index (χ1n) is 11.3. The standard InChI is InChI=1S/C27H24N2O6/c1-34-26(32)16-7-6-8-17(13-16)29-14-23(30)24(25(29)31)28-27(33)35-15-22-20-11-4-2-9-18(20)19-10-3-5-12-21(19)22/h2-13,22-24,30H,14-15H2,1H3,(H,28,33). The van der Waals surface area contributed by atoms with Crippen LogP contribution in [0.2, 0.25) is 0 Å². The van der Waals surface area contributed by atoms with Crippen molar-refractivity contribution < 1.29 is 29.0 Å². The van der Waals surface area contributed by atoms with Crippen molar-refractivity contribution in [2.45, 2.75) is 18.1 Å². The molecule has 2 atom stereocenters. The number of hydrogen-bond acceptors (Lipinski definition) is 6. The molecule has 2 unspecified atom stereocenters. The van der Waals surface area contributed by atoms with E-state index in [0.717, 1.165) is 22.3 Å². The highest BCUT2D eigenvalue weighted by Gasteiger charge is 2.42. The third-order valence-electron chi connectivity index (χ3n) is 6.48. The highest BCUT2D eigenvalue weighted by Crippen LogP contribution is 2.44. The van der Waals surface area contributed by atoms with E-state index in [0.29, 0.717) is 5.69 Å². The summed E-state index contributed by atoms with van der Waals surface area (Å²) in [5.41, 5.74) is 5.09. The van der Waals surface area contributed by atoms with Crippen LogP contribution in [-0.2, 0) is 14.3 Å². The first-order chi connectivity index (χ1) is 17.0. The minimum atomic E-state index is -1.16. The summed E-state index contributed by atoms with van der Waals surface area (Å²) in [6.07, 6.45) is -1.92. The molecule has 2 N–H and O–H groups in total. The number of β-amino-alcohol motifs (C(OH)–C–C–N with tert-alkyl or cyclic N) is 1. The number of esters is 1. The molecule has 3 aromatic rings. The van der Waals surface area contributed by atoms with Crippen molar-refractivity contribution >= 4 is 23.7 Å². The summed E-state index contributed by atoms with van der Waals surface area (Å²) in [4.78, 5) is 38.7. The number of rotatable bonds is 5. The van der Waals surface area contributed by atoms with E-state index in [4.69, 9.17) is 9.47 Å². The normalized spacial score (nSPS) is 18.7. The molecule has 8 heteroatoms. The number of carbonyl (C=O) groups excluding carboxylic acids is 3. The van der Waals surface area contributed by atoms with E-state index in [1.165, 1.54) is 18.1 Å². The molecule has 3 aromatic carbocycles. The SMILES string of the molecule is COC(=O)c1cccc(N2CC(O)C(NC(=O)OCC3c4ccccc4-c4ccccc43)C2=O)c1. The van der Waals surface area contributed by atoms with Gasteiger partial charge >= 0.3 is 12.1 Å². The molecule has 1 heterocycles. The molecule has 0 radical (unpaired) electrons. The number of ether oxygens (including phenoxy) is 2. The zero-order valence-corrected chi connectivity index (χ0v) is 19.0. The summed E-state index contributed by atoms with van der Waals surface area (Å²) >= 11 is 0. The number of hydrogen-bond donors (Lipinski definition) is 2. The van der Waals surface area contributed by atoms with Gasteiger partial charge in [0.15, 0.2) is 0 Å². The van der Waals surface area contributed by atoms with E-state index >= 15 is 0 Å². The van der Waals surface area contributed by atoms with E-state index in [1.807, 2.05) is 48.5 Å². The predicted molar refractivity (Wildman–Crippen MR) is 128 cm³/mol. The van der Waals surface area contributed by atoms with Gasteiger partial charge in [-0.15, -0.1) is 0 Å². The highest BCUT2D eigenvalue weighted by molar-refractivity contribution is 6.02. The quantitative estimate of drug-likeness (QED) is 0.553. The zero-order chi connectivity index (χ0) is 24.5. The summed E-state index contributed by atoms with van der Waals surface area (Å²) in [5.74, 6) is -1.14. The van der Waals surface area contributed by atoms with Crippen molar-refractivity contribution in [1.29, 1.82) is 0 Å². The zero-order valence-electron chi connectivity index (χ0n) is 19.0. The average Bonchev–Trinajstić information content (AvgIpc) is 3.36. The molecule has 0 spiro atoms. The van der Waals surface area contributed by atoms with E-state index in [9.17, 15) is 19.5 Å². The van der Waals surface area contributed by atoms with Gasteiger partial charge in [0, 0.05) is 11.6 Å². The van der Waals surface area contributed by atoms with Gasteiger partial charge in [-0.05, 0) is 40.5 Å². The Hall–Kier alpha value is -4.17. The molecule has 1 saturated heterocycles. The smallest absolute Gasteiger partial charge is 0.407 e. The lowest BCUT2D eigenvalue weighted by molar-refractivity contribution is -0.119. The van der Waals surface area contributed by atoms with E-state index in [2.05, 4.69) is 5.32 Å². The molecule has 1 aliphatic carbocycles. The van der Waals surface area contributed by atoms with Crippen molar-refractivity contribution in [1.82, 2.24) is 5.32 Å². The molecular weight excluding hydrogens is 448 g/mol. The Bertz CT molecular complexity index is 1260. The number of aliphatic hydroxyl groups is 1. The molecule has 2 aliphatic rings. The van der Waals surface area contributed by atoms with Crippen LogP contribution >= 0.6 is 0 Å². The molecule has 1 aliphatic heterocycles. The molecule has 1 fully saturated rings. The van der Waals surface area contributed by atoms with Crippen molar-refractivity contribution in [3.05, 3.63) is 89.5 Å². The largest absolute Gasteiger partial charge is 0.465 e. The average molecular weight is 472 g/mol. The second kappa shape index (κ2) is 9.23. The maximum absolute atomic E-state index is 13.0. The summed E-state index contributed by atoms with van der Waals surface area (Å²) in [7, 11) is 1.27. The number of amides is 2. The molecule has 35 heavy (non-hydrogen) atoms.